The second-order valence-electron chi connectivity index (χ2n) is 2.41. The van der Waals surface area contributed by atoms with Crippen LogP contribution in [-0.4, -0.2) is 25.4 Å². The molecule has 14 heavy (non-hydrogen) atoms. The highest BCUT2D eigenvalue weighted by molar-refractivity contribution is 5.74. The van der Waals surface area contributed by atoms with E-state index in [1.54, 1.807) is 18.5 Å². The van der Waals surface area contributed by atoms with Crippen molar-refractivity contribution in [3.05, 3.63) is 29.6 Å². The minimum Gasteiger partial charge on any atom is -0.323 e. The Morgan fingerprint density at radius 3 is 2.07 bits per heavy atom. The monoisotopic (exact) mass is 196 g/mol. The topological polar surface area (TPSA) is 42.0 Å². The number of hydrogen-bond donors (Lipinski definition) is 1. The highest BCUT2D eigenvalue weighted by atomic mass is 16.1. The number of hydrogen-bond acceptors (Lipinski definition) is 3. The van der Waals surface area contributed by atoms with Gasteiger partial charge in [0.25, 0.3) is 0 Å². The van der Waals surface area contributed by atoms with Crippen LogP contribution in [0.15, 0.2) is 18.5 Å². The summed E-state index contributed by atoms with van der Waals surface area (Å²) < 4.78 is 0. The van der Waals surface area contributed by atoms with Crippen LogP contribution in [0.2, 0.25) is 0 Å². The molecule has 0 fully saturated rings. The maximum atomic E-state index is 10.1. The van der Waals surface area contributed by atoms with Gasteiger partial charge in [0.2, 0.25) is 0 Å². The molecule has 3 heteroatoms. The van der Waals surface area contributed by atoms with Gasteiger partial charge in [-0.05, 0) is 32.6 Å². The highest BCUT2D eigenvalue weighted by Crippen LogP contribution is 1.96. The number of carbonyl (C=O) groups is 1. The third kappa shape index (κ3) is 8.87. The van der Waals surface area contributed by atoms with E-state index in [0.29, 0.717) is 5.56 Å². The normalized spacial score (nSPS) is 7.50. The first kappa shape index (κ1) is 15.3. The van der Waals surface area contributed by atoms with E-state index in [2.05, 4.69) is 10.3 Å². The van der Waals surface area contributed by atoms with E-state index in [4.69, 9.17) is 0 Å². The van der Waals surface area contributed by atoms with E-state index in [-0.39, 0.29) is 0 Å². The fourth-order valence-electron chi connectivity index (χ4n) is 0.643. The summed E-state index contributed by atoms with van der Waals surface area (Å²) in [6.07, 6.45) is 4.05. The first-order chi connectivity index (χ1) is 6.74. The fraction of sp³-hybridized carbons (Fsp3) is 0.455. The van der Waals surface area contributed by atoms with Crippen molar-refractivity contribution in [1.29, 1.82) is 0 Å². The zero-order valence-electron chi connectivity index (χ0n) is 9.66. The van der Waals surface area contributed by atoms with Gasteiger partial charge in [-0.2, -0.15) is 0 Å². The Bertz CT molecular complexity index is 236. The number of aryl methyl sites for hydroxylation is 1. The summed E-state index contributed by atoms with van der Waals surface area (Å²) in [7, 11) is 3.75. The molecule has 0 saturated heterocycles. The van der Waals surface area contributed by atoms with Gasteiger partial charge in [0.05, 0.1) is 0 Å². The van der Waals surface area contributed by atoms with Gasteiger partial charge >= 0.3 is 0 Å². The van der Waals surface area contributed by atoms with Crippen molar-refractivity contribution < 1.29 is 4.79 Å². The van der Waals surface area contributed by atoms with Crippen molar-refractivity contribution in [3.63, 3.8) is 0 Å². The second-order valence-corrected chi connectivity index (χ2v) is 2.41. The quantitative estimate of drug-likeness (QED) is 0.699. The number of pyridine rings is 1. The van der Waals surface area contributed by atoms with Crippen LogP contribution in [0.25, 0.3) is 0 Å². The smallest absolute Gasteiger partial charge is 0.151 e. The van der Waals surface area contributed by atoms with E-state index in [0.717, 1.165) is 11.8 Å². The van der Waals surface area contributed by atoms with E-state index in [1.807, 2.05) is 34.9 Å². The summed E-state index contributed by atoms with van der Waals surface area (Å²) >= 11 is 0. The van der Waals surface area contributed by atoms with Crippen LogP contribution in [0.1, 0.15) is 29.8 Å². The Labute approximate surface area is 86.6 Å². The molecule has 0 spiro atoms. The molecule has 1 aromatic rings. The van der Waals surface area contributed by atoms with Crippen molar-refractivity contribution in [2.24, 2.45) is 0 Å². The van der Waals surface area contributed by atoms with Crippen LogP contribution in [0.4, 0.5) is 0 Å². The lowest BCUT2D eigenvalue weighted by Gasteiger charge is -1.89. The molecule has 0 unspecified atom stereocenters. The van der Waals surface area contributed by atoms with Crippen molar-refractivity contribution in [2.45, 2.75) is 20.8 Å². The molecular formula is C11H20N2O. The lowest BCUT2D eigenvalue weighted by Crippen LogP contribution is -1.89. The van der Waals surface area contributed by atoms with Gasteiger partial charge in [0.15, 0.2) is 6.29 Å². The molecule has 0 aliphatic rings. The third-order valence-electron chi connectivity index (χ3n) is 1.03. The van der Waals surface area contributed by atoms with Crippen LogP contribution in [-0.2, 0) is 0 Å². The first-order valence-electron chi connectivity index (χ1n) is 4.70. The SMILES string of the molecule is CC.CNC.Cc1cncc(C=O)c1. The van der Waals surface area contributed by atoms with Gasteiger partial charge < -0.3 is 5.32 Å². The molecule has 1 heterocycles. The molecule has 1 N–H and O–H groups in total. The lowest BCUT2D eigenvalue weighted by atomic mass is 10.2. The number of nitrogens with zero attached hydrogens (tertiary/aromatic N) is 1. The van der Waals surface area contributed by atoms with Crippen molar-refractivity contribution in [2.75, 3.05) is 14.1 Å². The molecule has 0 aliphatic heterocycles. The zero-order valence-corrected chi connectivity index (χ0v) is 9.66. The number of nitrogens with one attached hydrogen (secondary N) is 1. The molecule has 1 rings (SSSR count). The summed E-state index contributed by atoms with van der Waals surface area (Å²) in [6.45, 7) is 5.90. The number of rotatable bonds is 1. The summed E-state index contributed by atoms with van der Waals surface area (Å²) in [5, 5.41) is 2.75. The number of carbonyl (C=O) groups excluding carboxylic acids is 1. The van der Waals surface area contributed by atoms with Gasteiger partial charge in [-0.1, -0.05) is 13.8 Å². The van der Waals surface area contributed by atoms with Crippen LogP contribution in [0, 0.1) is 6.92 Å². The summed E-state index contributed by atoms with van der Waals surface area (Å²) in [4.78, 5) is 13.9. The maximum Gasteiger partial charge on any atom is 0.151 e. The molecular weight excluding hydrogens is 176 g/mol. The van der Waals surface area contributed by atoms with Gasteiger partial charge in [-0.15, -0.1) is 0 Å². The molecule has 0 saturated carbocycles. The van der Waals surface area contributed by atoms with Crippen LogP contribution >= 0.6 is 0 Å². The molecule has 0 atom stereocenters. The largest absolute Gasteiger partial charge is 0.323 e. The Hall–Kier alpha value is -1.22. The molecule has 3 nitrogen and oxygen atoms in total. The predicted octanol–water partition coefficient (Wildman–Crippen LogP) is 2.06. The Morgan fingerprint density at radius 2 is 1.79 bits per heavy atom. The lowest BCUT2D eigenvalue weighted by molar-refractivity contribution is 0.112. The van der Waals surface area contributed by atoms with E-state index in [9.17, 15) is 4.79 Å². The second kappa shape index (κ2) is 11.8. The Morgan fingerprint density at radius 1 is 1.29 bits per heavy atom. The van der Waals surface area contributed by atoms with Gasteiger partial charge in [0.1, 0.15) is 0 Å². The van der Waals surface area contributed by atoms with Crippen LogP contribution in [0.5, 0.6) is 0 Å². The van der Waals surface area contributed by atoms with Gasteiger partial charge in [-0.25, -0.2) is 0 Å². The summed E-state index contributed by atoms with van der Waals surface area (Å²) in [5.41, 5.74) is 1.65. The molecule has 0 amide bonds. The van der Waals surface area contributed by atoms with E-state index >= 15 is 0 Å². The molecule has 0 radical (unpaired) electrons. The maximum absolute atomic E-state index is 10.1. The van der Waals surface area contributed by atoms with Crippen LogP contribution in [0.3, 0.4) is 0 Å². The molecule has 1 aromatic heterocycles. The zero-order chi connectivity index (χ0) is 11.4. The van der Waals surface area contributed by atoms with Crippen molar-refractivity contribution >= 4 is 6.29 Å². The standard InChI is InChI=1S/C7H7NO.C2H7N.C2H6/c1-6-2-7(5-9)4-8-3-6;1-3-2;1-2/h2-5H,1H3;3H,1-2H3;1-2H3. The molecule has 0 aliphatic carbocycles. The summed E-state index contributed by atoms with van der Waals surface area (Å²) in [6, 6.07) is 1.79. The fourth-order valence-corrected chi connectivity index (χ4v) is 0.643. The van der Waals surface area contributed by atoms with Gasteiger partial charge in [-0.3, -0.25) is 9.78 Å². The minimum absolute atomic E-state index is 0.634. The molecule has 0 bridgehead atoms. The predicted molar refractivity (Wildman–Crippen MR) is 60.7 cm³/mol. The number of aromatic nitrogens is 1. The van der Waals surface area contributed by atoms with Gasteiger partial charge in [0, 0.05) is 18.0 Å². The van der Waals surface area contributed by atoms with Crippen LogP contribution < -0.4 is 5.32 Å². The average molecular weight is 196 g/mol. The first-order valence-corrected chi connectivity index (χ1v) is 4.70. The third-order valence-corrected chi connectivity index (χ3v) is 1.03. The summed E-state index contributed by atoms with van der Waals surface area (Å²) in [5.74, 6) is 0. The molecule has 80 valence electrons. The van der Waals surface area contributed by atoms with Crippen molar-refractivity contribution in [1.82, 2.24) is 10.3 Å². The highest BCUT2D eigenvalue weighted by Gasteiger charge is 1.87. The average Bonchev–Trinajstić information content (AvgIpc) is 2.22. The molecule has 0 aromatic carbocycles. The number of aldehydes is 1. The van der Waals surface area contributed by atoms with E-state index < -0.39 is 0 Å². The Kier molecular flexibility index (Phi) is 12.8. The Balaban J connectivity index is 0. The van der Waals surface area contributed by atoms with Crippen molar-refractivity contribution in [3.8, 4) is 0 Å². The van der Waals surface area contributed by atoms with E-state index in [1.165, 1.54) is 0 Å². The minimum atomic E-state index is 0.634.